The van der Waals surface area contributed by atoms with Gasteiger partial charge in [-0.25, -0.2) is 9.69 Å². The maximum absolute atomic E-state index is 13.5. The molecule has 4 atom stereocenters. The van der Waals surface area contributed by atoms with E-state index in [1.807, 2.05) is 39.0 Å². The van der Waals surface area contributed by atoms with Crippen molar-refractivity contribution < 1.29 is 18.8 Å². The molecule has 0 aromatic heterocycles. The van der Waals surface area contributed by atoms with E-state index in [4.69, 9.17) is 9.16 Å². The summed E-state index contributed by atoms with van der Waals surface area (Å²) in [6.45, 7) is 15.0. The first-order chi connectivity index (χ1) is 18.3. The fraction of sp³-hybridized carbons (Fsp3) is 0.484. The summed E-state index contributed by atoms with van der Waals surface area (Å²) >= 11 is 7.14. The lowest BCUT2D eigenvalue weighted by molar-refractivity contribution is -0.134. The largest absolute Gasteiger partial charge is 0.447 e. The molecule has 1 aliphatic heterocycles. The Bertz CT molecular complexity index is 1110. The van der Waals surface area contributed by atoms with Crippen LogP contribution in [0.2, 0.25) is 5.04 Å². The Labute approximate surface area is 251 Å². The summed E-state index contributed by atoms with van der Waals surface area (Å²) in [5.41, 5.74) is 0. The summed E-state index contributed by atoms with van der Waals surface area (Å²) in [5, 5.41) is 2.21. The molecule has 5 nitrogen and oxygen atoms in total. The van der Waals surface area contributed by atoms with Gasteiger partial charge in [0.05, 0.1) is 15.5 Å². The van der Waals surface area contributed by atoms with Gasteiger partial charge in [-0.3, -0.25) is 4.79 Å². The third-order valence-corrected chi connectivity index (χ3v) is 13.2. The molecule has 0 spiro atoms. The number of carbonyl (C=O) groups is 2. The van der Waals surface area contributed by atoms with Crippen molar-refractivity contribution in [3.63, 3.8) is 0 Å². The maximum Gasteiger partial charge on any atom is 0.416 e. The first-order valence-corrected chi connectivity index (χ1v) is 17.1. The molecule has 1 heterocycles. The molecule has 3 rings (SSSR count). The van der Waals surface area contributed by atoms with Gasteiger partial charge in [0.2, 0.25) is 5.91 Å². The van der Waals surface area contributed by atoms with E-state index in [-0.39, 0.29) is 47.5 Å². The van der Waals surface area contributed by atoms with E-state index in [9.17, 15) is 9.59 Å². The molecule has 0 saturated carbocycles. The number of imide groups is 1. The number of ether oxygens (including phenoxy) is 1. The van der Waals surface area contributed by atoms with E-state index in [2.05, 4.69) is 108 Å². The zero-order valence-corrected chi connectivity index (χ0v) is 28.2. The van der Waals surface area contributed by atoms with Gasteiger partial charge in [0.25, 0.3) is 8.32 Å². The smallest absolute Gasteiger partial charge is 0.416 e. The summed E-state index contributed by atoms with van der Waals surface area (Å²) in [6.07, 6.45) is 1.76. The highest BCUT2D eigenvalue weighted by Crippen LogP contribution is 2.39. The van der Waals surface area contributed by atoms with Gasteiger partial charge in [-0.2, -0.15) is 0 Å². The van der Waals surface area contributed by atoms with Crippen molar-refractivity contribution >= 4 is 62.6 Å². The predicted molar refractivity (Wildman–Crippen MR) is 168 cm³/mol. The third-order valence-electron chi connectivity index (χ3n) is 7.64. The quantitative estimate of drug-likeness (QED) is 0.249. The Morgan fingerprint density at radius 2 is 1.54 bits per heavy atom. The number of benzene rings is 2. The molecule has 1 saturated heterocycles. The topological polar surface area (TPSA) is 55.8 Å². The highest BCUT2D eigenvalue weighted by Gasteiger charge is 2.52. The SMILES string of the molecule is CC(C)[C@H]1COC(=O)N1C(=O)[C@@H](C)C[C@H](C)[C@@H](C=C(Br)Br)O[Si](c1ccccc1)(c1ccccc1)C(C)(C)C. The Balaban J connectivity index is 2.00. The zero-order valence-electron chi connectivity index (χ0n) is 24.0. The molecule has 212 valence electrons. The second kappa shape index (κ2) is 13.3. The van der Waals surface area contributed by atoms with Crippen LogP contribution in [-0.2, 0) is 14.0 Å². The van der Waals surface area contributed by atoms with E-state index < -0.39 is 14.4 Å². The number of amides is 2. The molecular formula is C31H41Br2NO4Si. The van der Waals surface area contributed by atoms with Crippen molar-refractivity contribution in [2.75, 3.05) is 6.61 Å². The van der Waals surface area contributed by atoms with Gasteiger partial charge in [0.15, 0.2) is 0 Å². The molecule has 0 radical (unpaired) electrons. The Kier molecular flexibility index (Phi) is 10.8. The molecule has 8 heteroatoms. The summed E-state index contributed by atoms with van der Waals surface area (Å²) in [7, 11) is -2.84. The number of hydrogen-bond donors (Lipinski definition) is 0. The fourth-order valence-electron chi connectivity index (χ4n) is 5.54. The van der Waals surface area contributed by atoms with Crippen molar-refractivity contribution in [1.82, 2.24) is 4.90 Å². The molecule has 2 amide bonds. The summed E-state index contributed by atoms with van der Waals surface area (Å²) in [4.78, 5) is 27.3. The average Bonchev–Trinajstić information content (AvgIpc) is 3.27. The molecule has 0 N–H and O–H groups in total. The molecule has 1 aliphatic rings. The monoisotopic (exact) mass is 677 g/mol. The van der Waals surface area contributed by atoms with E-state index in [0.29, 0.717) is 6.42 Å². The highest BCUT2D eigenvalue weighted by molar-refractivity contribution is 9.28. The number of nitrogens with zero attached hydrogens (tertiary/aromatic N) is 1. The van der Waals surface area contributed by atoms with E-state index in [1.54, 1.807) is 0 Å². The number of carbonyl (C=O) groups excluding carboxylic acids is 2. The van der Waals surface area contributed by atoms with Crippen molar-refractivity contribution in [3.8, 4) is 0 Å². The maximum atomic E-state index is 13.5. The van der Waals surface area contributed by atoms with Crippen molar-refractivity contribution in [2.45, 2.75) is 72.1 Å². The number of rotatable bonds is 10. The van der Waals surface area contributed by atoms with Crippen LogP contribution in [0.4, 0.5) is 4.79 Å². The minimum absolute atomic E-state index is 0.0215. The van der Waals surface area contributed by atoms with Crippen LogP contribution in [0, 0.1) is 17.8 Å². The zero-order chi connectivity index (χ0) is 29.0. The van der Waals surface area contributed by atoms with Gasteiger partial charge in [0, 0.05) is 5.92 Å². The molecule has 0 unspecified atom stereocenters. The number of hydrogen-bond acceptors (Lipinski definition) is 4. The standard InChI is InChI=1S/C31H41Br2NO4Si/c1-21(2)26-20-37-30(36)34(26)29(35)23(4)18-22(3)27(19-28(32)33)38-39(31(5,6)7,24-14-10-8-11-15-24)25-16-12-9-13-17-25/h8-17,19,21-23,26-27H,18,20H2,1-7H3/t22-,23-,26+,27+/m0/s1. The average molecular weight is 680 g/mol. The van der Waals surface area contributed by atoms with Crippen LogP contribution in [-0.4, -0.2) is 44.0 Å². The lowest BCUT2D eigenvalue weighted by Gasteiger charge is -2.46. The van der Waals surface area contributed by atoms with Crippen LogP contribution in [0.15, 0.2) is 70.1 Å². The van der Waals surface area contributed by atoms with Crippen molar-refractivity contribution in [2.24, 2.45) is 17.8 Å². The molecule has 0 aliphatic carbocycles. The van der Waals surface area contributed by atoms with E-state index >= 15 is 0 Å². The van der Waals surface area contributed by atoms with Gasteiger partial charge < -0.3 is 9.16 Å². The predicted octanol–water partition coefficient (Wildman–Crippen LogP) is 7.23. The van der Waals surface area contributed by atoms with Crippen LogP contribution in [0.25, 0.3) is 0 Å². The summed E-state index contributed by atoms with van der Waals surface area (Å²) < 4.78 is 13.5. The van der Waals surface area contributed by atoms with Gasteiger partial charge in [-0.05, 0) is 71.6 Å². The van der Waals surface area contributed by atoms with Crippen molar-refractivity contribution in [1.29, 1.82) is 0 Å². The normalized spacial score (nSPS) is 18.5. The van der Waals surface area contributed by atoms with Gasteiger partial charge in [-0.1, -0.05) is 109 Å². The first kappa shape index (κ1) is 31.8. The Hall–Kier alpha value is -1.74. The minimum atomic E-state index is -2.84. The van der Waals surface area contributed by atoms with E-state index in [0.717, 1.165) is 3.39 Å². The molecular weight excluding hydrogens is 638 g/mol. The Morgan fingerprint density at radius 3 is 1.97 bits per heavy atom. The minimum Gasteiger partial charge on any atom is -0.447 e. The van der Waals surface area contributed by atoms with Crippen LogP contribution < -0.4 is 10.4 Å². The van der Waals surface area contributed by atoms with Gasteiger partial charge in [0.1, 0.15) is 6.61 Å². The summed E-state index contributed by atoms with van der Waals surface area (Å²) in [5.74, 6) is -0.454. The highest BCUT2D eigenvalue weighted by atomic mass is 79.9. The van der Waals surface area contributed by atoms with Crippen LogP contribution in [0.3, 0.4) is 0 Å². The first-order valence-electron chi connectivity index (χ1n) is 13.6. The Morgan fingerprint density at radius 1 is 1.03 bits per heavy atom. The molecule has 2 aromatic carbocycles. The van der Waals surface area contributed by atoms with Gasteiger partial charge >= 0.3 is 6.09 Å². The van der Waals surface area contributed by atoms with Gasteiger partial charge in [-0.15, -0.1) is 0 Å². The molecule has 39 heavy (non-hydrogen) atoms. The number of cyclic esters (lactones) is 1. The van der Waals surface area contributed by atoms with Crippen LogP contribution >= 0.6 is 31.9 Å². The number of halogens is 2. The van der Waals surface area contributed by atoms with Crippen molar-refractivity contribution in [3.05, 3.63) is 70.1 Å². The summed E-state index contributed by atoms with van der Waals surface area (Å²) in [6, 6.07) is 20.8. The lowest BCUT2D eigenvalue weighted by Crippen LogP contribution is -2.68. The second-order valence-electron chi connectivity index (χ2n) is 11.9. The van der Waals surface area contributed by atoms with Crippen LogP contribution in [0.1, 0.15) is 54.9 Å². The molecule has 0 bridgehead atoms. The van der Waals surface area contributed by atoms with E-state index in [1.165, 1.54) is 15.3 Å². The molecule has 1 fully saturated rings. The third kappa shape index (κ3) is 7.13. The van der Waals surface area contributed by atoms with Crippen LogP contribution in [0.5, 0.6) is 0 Å². The second-order valence-corrected chi connectivity index (χ2v) is 18.9. The fourth-order valence-corrected chi connectivity index (χ4v) is 10.8. The lowest BCUT2D eigenvalue weighted by atomic mass is 9.91. The molecule has 2 aromatic rings.